The second-order valence-electron chi connectivity index (χ2n) is 35.4. The van der Waals surface area contributed by atoms with Gasteiger partial charge >= 0.3 is 0 Å². The molecular weight excluding hydrogens is 1640 g/mol. The molecule has 23 aromatic carbocycles. The van der Waals surface area contributed by atoms with Gasteiger partial charge < -0.3 is 0 Å². The molecule has 1 aliphatic rings. The van der Waals surface area contributed by atoms with E-state index in [1.165, 1.54) is 141 Å². The molecule has 27 rings (SSSR count). The Balaban J connectivity index is 0.000000109. The van der Waals surface area contributed by atoms with Crippen LogP contribution in [0, 0.1) is 0 Å². The summed E-state index contributed by atoms with van der Waals surface area (Å²) in [5.74, 6) is 5.99. The Kier molecular flexibility index (Phi) is 19.4. The van der Waals surface area contributed by atoms with Gasteiger partial charge in [-0.2, -0.15) is 0 Å². The SMILES string of the molecule is CC1(C)c2ccccc2-c2c(-c3nc(-c4ccccc4)nc(-c4ccc5c(ccc6c5ccc5c7ccccc7ccc56)c4)n3)cccc21.c1ccc(-c2nc(-c3ccccc3)nc(-c3ccc4c(ccc5c4ccc4c6ccccc6ccc45)c3)n2)cc1.c1ccc(-c2nc(-c3ccccc3)nc(-c3cccc(-c4ccc5ccc6c(ccc7c8ccccc8ccc76)c5c4)c3)n2)cc1. The molecule has 9 nitrogen and oxygen atoms in total. The minimum absolute atomic E-state index is 0.112. The lowest BCUT2D eigenvalue weighted by Gasteiger charge is -2.21. The molecule has 26 aromatic rings. The van der Waals surface area contributed by atoms with Crippen molar-refractivity contribution in [3.05, 3.63) is 466 Å². The third kappa shape index (κ3) is 14.2. The quantitative estimate of drug-likeness (QED) is 0.123. The Morgan fingerprint density at radius 2 is 0.363 bits per heavy atom. The molecule has 0 unspecified atom stereocenters. The highest BCUT2D eigenvalue weighted by molar-refractivity contribution is 6.25. The molecule has 630 valence electrons. The fourth-order valence-electron chi connectivity index (χ4n) is 20.4. The zero-order valence-corrected chi connectivity index (χ0v) is 73.8. The van der Waals surface area contributed by atoms with Crippen molar-refractivity contribution in [2.45, 2.75) is 19.3 Å². The summed E-state index contributed by atoms with van der Waals surface area (Å²) in [6.45, 7) is 4.61. The van der Waals surface area contributed by atoms with Gasteiger partial charge in [0.2, 0.25) is 0 Å². The minimum Gasteiger partial charge on any atom is -0.208 e. The van der Waals surface area contributed by atoms with Gasteiger partial charge in [0.1, 0.15) is 0 Å². The molecule has 135 heavy (non-hydrogen) atoms. The molecule has 3 aromatic heterocycles. The summed E-state index contributed by atoms with van der Waals surface area (Å²) in [4.78, 5) is 44.9. The molecule has 0 bridgehead atoms. The van der Waals surface area contributed by atoms with Crippen LogP contribution >= 0.6 is 0 Å². The van der Waals surface area contributed by atoms with Gasteiger partial charge in [0, 0.05) is 55.5 Å². The lowest BCUT2D eigenvalue weighted by atomic mass is 9.82. The summed E-state index contributed by atoms with van der Waals surface area (Å²) in [6.07, 6.45) is 0. The fraction of sp³-hybridized carbons (Fsp3) is 0.0238. The van der Waals surface area contributed by atoms with Gasteiger partial charge in [0.25, 0.3) is 0 Å². The smallest absolute Gasteiger partial charge is 0.164 e. The van der Waals surface area contributed by atoms with Crippen LogP contribution in [0.15, 0.2) is 455 Å². The van der Waals surface area contributed by atoms with Gasteiger partial charge in [0.15, 0.2) is 52.4 Å². The summed E-state index contributed by atoms with van der Waals surface area (Å²) in [5.41, 5.74) is 16.0. The van der Waals surface area contributed by atoms with Crippen molar-refractivity contribution < 1.29 is 0 Å². The van der Waals surface area contributed by atoms with E-state index >= 15 is 0 Å². The summed E-state index contributed by atoms with van der Waals surface area (Å²) < 4.78 is 0. The van der Waals surface area contributed by atoms with E-state index in [9.17, 15) is 0 Å². The largest absolute Gasteiger partial charge is 0.208 e. The molecule has 0 spiro atoms. The van der Waals surface area contributed by atoms with Gasteiger partial charge in [-0.1, -0.05) is 445 Å². The van der Waals surface area contributed by atoms with Crippen molar-refractivity contribution in [2.24, 2.45) is 0 Å². The van der Waals surface area contributed by atoms with Gasteiger partial charge in [-0.25, -0.2) is 44.9 Å². The first-order valence-corrected chi connectivity index (χ1v) is 45.9. The molecule has 0 fully saturated rings. The molecule has 0 saturated heterocycles. The maximum Gasteiger partial charge on any atom is 0.164 e. The maximum absolute atomic E-state index is 5.21. The van der Waals surface area contributed by atoms with E-state index in [1.54, 1.807) is 0 Å². The molecule has 9 heteroatoms. The summed E-state index contributed by atoms with van der Waals surface area (Å²) in [7, 11) is 0. The number of fused-ring (bicyclic) bond motifs is 24. The van der Waals surface area contributed by atoms with E-state index in [0.29, 0.717) is 52.4 Å². The Morgan fingerprint density at radius 3 is 0.756 bits per heavy atom. The first-order chi connectivity index (χ1) is 66.6. The van der Waals surface area contributed by atoms with Crippen molar-refractivity contribution >= 4 is 129 Å². The normalized spacial score (nSPS) is 12.1. The summed E-state index contributed by atoms with van der Waals surface area (Å²) in [5, 5.41) is 30.1. The molecule has 0 radical (unpaired) electrons. The topological polar surface area (TPSA) is 116 Å². The number of benzene rings is 23. The van der Waals surface area contributed by atoms with Crippen molar-refractivity contribution in [1.29, 1.82) is 0 Å². The van der Waals surface area contributed by atoms with Gasteiger partial charge in [-0.15, -0.1) is 0 Å². The molecule has 0 atom stereocenters. The summed E-state index contributed by atoms with van der Waals surface area (Å²) >= 11 is 0. The van der Waals surface area contributed by atoms with Crippen LogP contribution in [0.4, 0.5) is 0 Å². The number of rotatable bonds is 10. The average Bonchev–Trinajstić information content (AvgIpc) is 1.57. The highest BCUT2D eigenvalue weighted by atomic mass is 15.1. The third-order valence-corrected chi connectivity index (χ3v) is 27.1. The monoisotopic (exact) mass is 1720 g/mol. The van der Waals surface area contributed by atoms with Crippen molar-refractivity contribution in [2.75, 3.05) is 0 Å². The molecule has 3 heterocycles. The van der Waals surface area contributed by atoms with Crippen LogP contribution in [0.3, 0.4) is 0 Å². The van der Waals surface area contributed by atoms with E-state index in [1.807, 2.05) is 140 Å². The standard InChI is InChI=1S/C46H31N3.C43H27N3.C37H23N3/c1-46(2)40-17-9-8-15-38(40)42-39(16-10-18-41(42)46)45-48-43(29-12-4-3-5-13-29)47-44(49-45)31-21-22-33-30(27-31)20-24-37-35(33)26-25-34-32-14-7-6-11-28(32)19-23-36(34)37;1-3-11-30(12-4-1)41-44-42(31-13-5-2-6-14-31)46-43(45-41)34-16-9-15-32(26-34)33-19-18-29-21-23-38-37-22-20-28-10-7-8-17-35(28)36(37)24-25-39(38)40(29)27-33;1-3-10-25(11-4-1)35-38-36(26-12-5-2-6-13-26)40-37(39-35)28-17-18-30-27(23-28)16-20-34-32(30)22-21-31-29-14-8-7-9-24(29)15-19-33(31)34/h3-27H,1-2H3;1-27H;1-23H. The molecular formula is C126H81N9. The van der Waals surface area contributed by atoms with E-state index in [0.717, 1.165) is 72.0 Å². The Morgan fingerprint density at radius 1 is 0.133 bits per heavy atom. The van der Waals surface area contributed by atoms with Crippen molar-refractivity contribution in [1.82, 2.24) is 44.9 Å². The Hall–Kier alpha value is -17.8. The predicted octanol–water partition coefficient (Wildman–Crippen LogP) is 32.4. The fourth-order valence-corrected chi connectivity index (χ4v) is 20.4. The second-order valence-corrected chi connectivity index (χ2v) is 35.4. The van der Waals surface area contributed by atoms with E-state index in [4.69, 9.17) is 44.9 Å². The predicted molar refractivity (Wildman–Crippen MR) is 561 cm³/mol. The van der Waals surface area contributed by atoms with Crippen LogP contribution in [-0.2, 0) is 5.41 Å². The van der Waals surface area contributed by atoms with Crippen LogP contribution < -0.4 is 0 Å². The van der Waals surface area contributed by atoms with Gasteiger partial charge in [-0.05, 0) is 187 Å². The molecule has 0 N–H and O–H groups in total. The third-order valence-electron chi connectivity index (χ3n) is 27.1. The first-order valence-electron chi connectivity index (χ1n) is 45.9. The van der Waals surface area contributed by atoms with Crippen molar-refractivity contribution in [3.63, 3.8) is 0 Å². The van der Waals surface area contributed by atoms with E-state index in [2.05, 4.69) is 329 Å². The number of nitrogens with zero attached hydrogens (tertiary/aromatic N) is 9. The average molecular weight is 1720 g/mol. The molecule has 0 saturated carbocycles. The van der Waals surface area contributed by atoms with Crippen LogP contribution in [0.2, 0.25) is 0 Å². The molecule has 1 aliphatic carbocycles. The number of aromatic nitrogens is 9. The lowest BCUT2D eigenvalue weighted by molar-refractivity contribution is 0.660. The molecule has 0 amide bonds. The maximum atomic E-state index is 5.21. The van der Waals surface area contributed by atoms with E-state index in [-0.39, 0.29) is 5.41 Å². The summed E-state index contributed by atoms with van der Waals surface area (Å²) in [6, 6.07) is 161. The van der Waals surface area contributed by atoms with Crippen LogP contribution in [0.25, 0.3) is 254 Å². The number of hydrogen-bond acceptors (Lipinski definition) is 9. The zero-order chi connectivity index (χ0) is 89.6. The number of hydrogen-bond donors (Lipinski definition) is 0. The van der Waals surface area contributed by atoms with Crippen LogP contribution in [0.5, 0.6) is 0 Å². The lowest BCUT2D eigenvalue weighted by Crippen LogP contribution is -2.14. The second kappa shape index (κ2) is 33.0. The minimum atomic E-state index is -0.112. The van der Waals surface area contributed by atoms with Gasteiger partial charge in [0.05, 0.1) is 0 Å². The Labute approximate surface area is 778 Å². The Bertz CT molecular complexity index is 9160. The van der Waals surface area contributed by atoms with Gasteiger partial charge in [-0.3, -0.25) is 0 Å². The highest BCUT2D eigenvalue weighted by Gasteiger charge is 2.37. The van der Waals surface area contributed by atoms with Crippen molar-refractivity contribution in [3.8, 4) is 125 Å². The zero-order valence-electron chi connectivity index (χ0n) is 73.8. The van der Waals surface area contributed by atoms with Crippen LogP contribution in [-0.4, -0.2) is 44.9 Å². The van der Waals surface area contributed by atoms with Crippen LogP contribution in [0.1, 0.15) is 25.0 Å². The first kappa shape index (κ1) is 79.4. The molecule has 0 aliphatic heterocycles. The highest BCUT2D eigenvalue weighted by Crippen LogP contribution is 2.52. The van der Waals surface area contributed by atoms with E-state index < -0.39 is 0 Å².